The number of para-hydroxylation sites is 2. The topological polar surface area (TPSA) is 0 Å². The molecule has 6 rings (SSSR count). The Labute approximate surface area is 232 Å². The molecular weight excluding hydrogens is 509 g/mol. The van der Waals surface area contributed by atoms with Crippen LogP contribution < -0.4 is 4.48 Å². The zero-order valence-electron chi connectivity index (χ0n) is 21.8. The largest absolute Gasteiger partial charge is 0.673 e. The molecule has 0 spiro atoms. The van der Waals surface area contributed by atoms with Gasteiger partial charge in [-0.2, -0.15) is 0 Å². The average Bonchev–Trinajstić information content (AvgIpc) is 3.36. The highest BCUT2D eigenvalue weighted by Gasteiger charge is 2.50. The summed E-state index contributed by atoms with van der Waals surface area (Å²) in [6.07, 6.45) is 0. The lowest BCUT2D eigenvalue weighted by Gasteiger charge is -2.36. The molecule has 0 saturated carbocycles. The van der Waals surface area contributed by atoms with Crippen LogP contribution in [0.15, 0.2) is 152 Å². The Bertz CT molecular complexity index is 1490. The number of hydrogen-bond donors (Lipinski definition) is 0. The van der Waals surface area contributed by atoms with Crippen LogP contribution in [0, 0.1) is 0 Å². The van der Waals surface area contributed by atoms with Crippen molar-refractivity contribution < 1.29 is 17.3 Å². The van der Waals surface area contributed by atoms with Gasteiger partial charge in [-0.05, 0) is 47.5 Å². The van der Waals surface area contributed by atoms with Gasteiger partial charge in [-0.25, -0.2) is 4.48 Å². The first-order chi connectivity index (χ1) is 19.4. The van der Waals surface area contributed by atoms with Gasteiger partial charge in [0, 0.05) is 11.1 Å². The normalized spacial score (nSPS) is 16.2. The predicted molar refractivity (Wildman–Crippen MR) is 158 cm³/mol. The maximum Gasteiger partial charge on any atom is 0.673 e. The van der Waals surface area contributed by atoms with E-state index in [4.69, 9.17) is 0 Å². The van der Waals surface area contributed by atoms with Gasteiger partial charge in [0.25, 0.3) is 0 Å². The molecule has 0 amide bonds. The third kappa shape index (κ3) is 5.77. The molecule has 0 aliphatic carbocycles. The lowest BCUT2D eigenvalue weighted by molar-refractivity contribution is 0.368. The zero-order chi connectivity index (χ0) is 28.0. The molecule has 40 heavy (non-hydrogen) atoms. The minimum atomic E-state index is -6.00. The van der Waals surface area contributed by atoms with E-state index in [0.717, 1.165) is 6.54 Å². The smallest absolute Gasteiger partial charge is 0.418 e. The molecule has 1 atom stereocenters. The van der Waals surface area contributed by atoms with E-state index < -0.39 is 7.25 Å². The first-order valence-corrected chi connectivity index (χ1v) is 13.1. The average molecular weight is 537 g/mol. The highest BCUT2D eigenvalue weighted by Crippen LogP contribution is 2.56. The standard InChI is InChI=1S/C34H28N.BF4/c1-6-16-27(17-7-1)32-26-35(30-22-12-4-13-23-30,31-24-14-5-15-25-31)34(29-20-10-3-11-21-29)33(32)28-18-8-2-9-19-28;2-1(3,4)5/h1-25,32H,26H2;/q+1;-1. The summed E-state index contributed by atoms with van der Waals surface area (Å²) >= 11 is 0. The summed E-state index contributed by atoms with van der Waals surface area (Å²) < 4.78 is 39.7. The number of rotatable bonds is 5. The fraction of sp³-hybridized carbons (Fsp3) is 0.0588. The summed E-state index contributed by atoms with van der Waals surface area (Å²) in [6.45, 7) is 0.923. The van der Waals surface area contributed by atoms with Crippen LogP contribution in [0.1, 0.15) is 22.6 Å². The van der Waals surface area contributed by atoms with Gasteiger partial charge in [0.05, 0.1) is 5.92 Å². The van der Waals surface area contributed by atoms with Gasteiger partial charge in [0.2, 0.25) is 0 Å². The first-order valence-electron chi connectivity index (χ1n) is 13.1. The molecule has 0 radical (unpaired) electrons. The second-order valence-corrected chi connectivity index (χ2v) is 9.62. The number of quaternary nitrogens is 1. The van der Waals surface area contributed by atoms with Crippen LogP contribution in [0.4, 0.5) is 28.6 Å². The third-order valence-electron chi connectivity index (χ3n) is 7.17. The Balaban J connectivity index is 0.000000595. The van der Waals surface area contributed by atoms with Crippen LogP contribution in [-0.2, 0) is 0 Å². The van der Waals surface area contributed by atoms with Crippen molar-refractivity contribution in [3.05, 3.63) is 168 Å². The number of benzene rings is 5. The SMILES string of the molecule is F[B-](F)(F)F.c1ccc(C2=C(c3ccccc3)[N+](c3ccccc3)(c3ccccc3)CC2c2ccccc2)cc1. The van der Waals surface area contributed by atoms with Gasteiger partial charge < -0.3 is 17.3 Å². The van der Waals surface area contributed by atoms with Crippen molar-refractivity contribution in [1.82, 2.24) is 4.48 Å². The first kappa shape index (κ1) is 27.2. The summed E-state index contributed by atoms with van der Waals surface area (Å²) in [5.74, 6) is 0.245. The van der Waals surface area contributed by atoms with Crippen molar-refractivity contribution in [3.8, 4) is 0 Å². The lowest BCUT2D eigenvalue weighted by atomic mass is 9.87. The third-order valence-corrected chi connectivity index (χ3v) is 7.17. The quantitative estimate of drug-likeness (QED) is 0.119. The second-order valence-electron chi connectivity index (χ2n) is 9.62. The minimum absolute atomic E-state index is 0.245. The molecule has 6 heteroatoms. The molecule has 1 aliphatic rings. The molecule has 1 unspecified atom stereocenters. The monoisotopic (exact) mass is 537 g/mol. The Morgan fingerprint density at radius 1 is 0.475 bits per heavy atom. The van der Waals surface area contributed by atoms with Crippen LogP contribution >= 0.6 is 0 Å². The molecule has 1 heterocycles. The number of hydrogen-bond acceptors (Lipinski definition) is 0. The molecule has 5 aromatic carbocycles. The Kier molecular flexibility index (Phi) is 7.99. The number of nitrogens with zero attached hydrogens (tertiary/aromatic N) is 1. The van der Waals surface area contributed by atoms with Crippen molar-refractivity contribution in [3.63, 3.8) is 0 Å². The van der Waals surface area contributed by atoms with Gasteiger partial charge in [0.1, 0.15) is 17.9 Å². The van der Waals surface area contributed by atoms with Crippen LogP contribution in [0.25, 0.3) is 11.3 Å². The summed E-state index contributed by atoms with van der Waals surface area (Å²) in [4.78, 5) is 0. The van der Waals surface area contributed by atoms with Crippen molar-refractivity contribution in [2.45, 2.75) is 5.92 Å². The molecular formula is C34H28BF4N. The van der Waals surface area contributed by atoms with Crippen molar-refractivity contribution >= 4 is 29.9 Å². The van der Waals surface area contributed by atoms with Gasteiger partial charge >= 0.3 is 7.25 Å². The summed E-state index contributed by atoms with van der Waals surface area (Å²) in [7, 11) is -6.00. The Morgan fingerprint density at radius 2 is 0.825 bits per heavy atom. The van der Waals surface area contributed by atoms with E-state index in [1.165, 1.54) is 39.3 Å². The van der Waals surface area contributed by atoms with Crippen LogP contribution in [-0.4, -0.2) is 13.8 Å². The Morgan fingerprint density at radius 3 is 1.25 bits per heavy atom. The lowest BCUT2D eigenvalue weighted by Crippen LogP contribution is -2.41. The van der Waals surface area contributed by atoms with Crippen molar-refractivity contribution in [2.24, 2.45) is 0 Å². The number of halogens is 4. The summed E-state index contributed by atoms with van der Waals surface area (Å²) in [5.41, 5.74) is 9.21. The molecule has 0 fully saturated rings. The summed E-state index contributed by atoms with van der Waals surface area (Å²) in [6, 6.07) is 54.9. The van der Waals surface area contributed by atoms with Crippen molar-refractivity contribution in [2.75, 3.05) is 6.54 Å². The highest BCUT2D eigenvalue weighted by molar-refractivity contribution is 6.50. The summed E-state index contributed by atoms with van der Waals surface area (Å²) in [5, 5.41) is 0. The van der Waals surface area contributed by atoms with E-state index in [9.17, 15) is 17.3 Å². The van der Waals surface area contributed by atoms with E-state index in [1.807, 2.05) is 0 Å². The molecule has 200 valence electrons. The zero-order valence-corrected chi connectivity index (χ0v) is 21.8. The maximum absolute atomic E-state index is 9.75. The van der Waals surface area contributed by atoms with Gasteiger partial charge in [-0.1, -0.05) is 115 Å². The molecule has 1 nitrogen and oxygen atoms in total. The van der Waals surface area contributed by atoms with E-state index in [-0.39, 0.29) is 5.92 Å². The minimum Gasteiger partial charge on any atom is -0.418 e. The molecule has 0 N–H and O–H groups in total. The van der Waals surface area contributed by atoms with E-state index in [0.29, 0.717) is 4.48 Å². The van der Waals surface area contributed by atoms with Gasteiger partial charge in [-0.3, -0.25) is 0 Å². The molecule has 0 bridgehead atoms. The van der Waals surface area contributed by atoms with E-state index >= 15 is 0 Å². The van der Waals surface area contributed by atoms with Crippen LogP contribution in [0.2, 0.25) is 0 Å². The maximum atomic E-state index is 9.75. The van der Waals surface area contributed by atoms with Crippen molar-refractivity contribution in [1.29, 1.82) is 0 Å². The molecule has 1 aliphatic heterocycles. The van der Waals surface area contributed by atoms with E-state index in [2.05, 4.69) is 152 Å². The fourth-order valence-corrected chi connectivity index (χ4v) is 5.70. The van der Waals surface area contributed by atoms with Gasteiger partial charge in [-0.15, -0.1) is 0 Å². The van der Waals surface area contributed by atoms with Crippen LogP contribution in [0.5, 0.6) is 0 Å². The van der Waals surface area contributed by atoms with Crippen LogP contribution in [0.3, 0.4) is 0 Å². The van der Waals surface area contributed by atoms with E-state index in [1.54, 1.807) is 0 Å². The van der Waals surface area contributed by atoms with Gasteiger partial charge in [0.15, 0.2) is 5.70 Å². The predicted octanol–water partition coefficient (Wildman–Crippen LogP) is 9.99. The molecule has 0 aromatic heterocycles. The fourth-order valence-electron chi connectivity index (χ4n) is 5.70. The molecule has 0 saturated heterocycles. The molecule has 5 aromatic rings. The Hall–Kier alpha value is -4.42. The highest BCUT2D eigenvalue weighted by atomic mass is 19.5. The second kappa shape index (κ2) is 11.8.